The summed E-state index contributed by atoms with van der Waals surface area (Å²) >= 11 is 3.29. The molecule has 1 aromatic carbocycles. The first kappa shape index (κ1) is 10.2. The molecule has 0 fully saturated rings. The van der Waals surface area contributed by atoms with Crippen LogP contribution in [0.25, 0.3) is 11.1 Å². The summed E-state index contributed by atoms with van der Waals surface area (Å²) in [6, 6.07) is 9.76. The quantitative estimate of drug-likeness (QED) is 0.772. The zero-order valence-electron chi connectivity index (χ0n) is 8.16. The lowest BCUT2D eigenvalue weighted by Crippen LogP contribution is -1.77. The first-order valence-electron chi connectivity index (χ1n) is 4.52. The Hall–Kier alpha value is -1.35. The second-order valence-electron chi connectivity index (χ2n) is 3.32. The fourth-order valence-corrected chi connectivity index (χ4v) is 1.98. The van der Waals surface area contributed by atoms with Gasteiger partial charge >= 0.3 is 0 Å². The van der Waals surface area contributed by atoms with Crippen LogP contribution in [0.15, 0.2) is 39.4 Å². The maximum atomic E-state index is 10.6. The average Bonchev–Trinajstić information content (AvgIpc) is 2.60. The molecular weight excluding hydrogens is 256 g/mol. The smallest absolute Gasteiger partial charge is 0.185 e. The second-order valence-corrected chi connectivity index (χ2v) is 4.04. The van der Waals surface area contributed by atoms with Gasteiger partial charge in [0, 0.05) is 5.56 Å². The van der Waals surface area contributed by atoms with E-state index in [4.69, 9.17) is 4.42 Å². The number of hydrogen-bond donors (Lipinski definition) is 0. The Bertz CT molecular complexity index is 500. The van der Waals surface area contributed by atoms with E-state index in [1.807, 2.05) is 31.2 Å². The maximum Gasteiger partial charge on any atom is 0.185 e. The Balaban J connectivity index is 2.53. The first-order valence-corrected chi connectivity index (χ1v) is 5.31. The minimum atomic E-state index is 0.332. The molecule has 0 amide bonds. The first-order chi connectivity index (χ1) is 7.20. The molecule has 0 bridgehead atoms. The number of carbonyl (C=O) groups excluding carboxylic acids is 1. The van der Waals surface area contributed by atoms with Gasteiger partial charge in [0.2, 0.25) is 0 Å². The number of carbonyl (C=O) groups is 1. The highest BCUT2D eigenvalue weighted by Crippen LogP contribution is 2.31. The van der Waals surface area contributed by atoms with Crippen molar-refractivity contribution in [1.82, 2.24) is 0 Å². The Morgan fingerprint density at radius 2 is 2.13 bits per heavy atom. The summed E-state index contributed by atoms with van der Waals surface area (Å²) in [5.74, 6) is 0.332. The molecular formula is C12H9BrO2. The fourth-order valence-electron chi connectivity index (χ4n) is 1.45. The monoisotopic (exact) mass is 264 g/mol. The molecule has 2 aromatic rings. The van der Waals surface area contributed by atoms with E-state index < -0.39 is 0 Å². The highest BCUT2D eigenvalue weighted by Gasteiger charge is 2.09. The van der Waals surface area contributed by atoms with E-state index in [0.717, 1.165) is 11.1 Å². The molecule has 0 radical (unpaired) electrons. The van der Waals surface area contributed by atoms with Crippen LogP contribution in [0.1, 0.15) is 16.1 Å². The number of hydrogen-bond acceptors (Lipinski definition) is 2. The van der Waals surface area contributed by atoms with E-state index in [-0.39, 0.29) is 0 Å². The highest BCUT2D eigenvalue weighted by atomic mass is 79.9. The van der Waals surface area contributed by atoms with Crippen LogP contribution < -0.4 is 0 Å². The van der Waals surface area contributed by atoms with Crippen LogP contribution in [0.5, 0.6) is 0 Å². The molecule has 0 aliphatic rings. The summed E-state index contributed by atoms with van der Waals surface area (Å²) in [7, 11) is 0. The van der Waals surface area contributed by atoms with Crippen LogP contribution in [-0.2, 0) is 0 Å². The molecule has 2 rings (SSSR count). The van der Waals surface area contributed by atoms with Crippen molar-refractivity contribution in [3.05, 3.63) is 46.3 Å². The number of aldehydes is 1. The summed E-state index contributed by atoms with van der Waals surface area (Å²) in [5.41, 5.74) is 3.12. The molecule has 0 aliphatic heterocycles. The van der Waals surface area contributed by atoms with Gasteiger partial charge in [0.1, 0.15) is 0 Å². The van der Waals surface area contributed by atoms with Crippen molar-refractivity contribution >= 4 is 22.2 Å². The van der Waals surface area contributed by atoms with Gasteiger partial charge in [-0.1, -0.05) is 29.8 Å². The number of rotatable bonds is 2. The van der Waals surface area contributed by atoms with Gasteiger partial charge in [0.05, 0.1) is 0 Å². The van der Waals surface area contributed by atoms with Gasteiger partial charge in [-0.15, -0.1) is 0 Å². The lowest BCUT2D eigenvalue weighted by atomic mass is 10.1. The van der Waals surface area contributed by atoms with Crippen LogP contribution >= 0.6 is 15.9 Å². The van der Waals surface area contributed by atoms with E-state index in [1.165, 1.54) is 5.56 Å². The molecule has 0 unspecified atom stereocenters. The number of halogens is 1. The lowest BCUT2D eigenvalue weighted by molar-refractivity contribution is 0.109. The number of furan rings is 1. The summed E-state index contributed by atoms with van der Waals surface area (Å²) in [5, 5.41) is 0. The zero-order valence-corrected chi connectivity index (χ0v) is 9.74. The molecule has 0 spiro atoms. The minimum absolute atomic E-state index is 0.332. The Labute approximate surface area is 96.0 Å². The molecule has 15 heavy (non-hydrogen) atoms. The van der Waals surface area contributed by atoms with E-state index in [2.05, 4.69) is 15.9 Å². The topological polar surface area (TPSA) is 30.2 Å². The van der Waals surface area contributed by atoms with Crippen LogP contribution in [-0.4, -0.2) is 6.29 Å². The van der Waals surface area contributed by atoms with Crippen LogP contribution in [0.3, 0.4) is 0 Å². The molecule has 0 saturated carbocycles. The van der Waals surface area contributed by atoms with Crippen LogP contribution in [0.2, 0.25) is 0 Å². The van der Waals surface area contributed by atoms with Gasteiger partial charge in [0.15, 0.2) is 16.7 Å². The number of benzene rings is 1. The van der Waals surface area contributed by atoms with Gasteiger partial charge in [0.25, 0.3) is 0 Å². The third-order valence-electron chi connectivity index (χ3n) is 2.15. The highest BCUT2D eigenvalue weighted by molar-refractivity contribution is 9.10. The van der Waals surface area contributed by atoms with E-state index in [9.17, 15) is 4.79 Å². The van der Waals surface area contributed by atoms with Crippen molar-refractivity contribution in [2.24, 2.45) is 0 Å². The predicted molar refractivity (Wildman–Crippen MR) is 62.0 cm³/mol. The molecule has 3 heteroatoms. The van der Waals surface area contributed by atoms with Gasteiger partial charge in [-0.25, -0.2) is 0 Å². The SMILES string of the molecule is Cc1cccc(-c2cc(C=O)oc2Br)c1. The van der Waals surface area contributed by atoms with Gasteiger partial charge in [-0.05, 0) is 34.5 Å². The molecule has 1 aromatic heterocycles. The van der Waals surface area contributed by atoms with Crippen molar-refractivity contribution in [3.63, 3.8) is 0 Å². The standard InChI is InChI=1S/C12H9BrO2/c1-8-3-2-4-9(5-8)11-6-10(7-14)15-12(11)13/h2-7H,1H3. The van der Waals surface area contributed by atoms with E-state index >= 15 is 0 Å². The zero-order chi connectivity index (χ0) is 10.8. The predicted octanol–water partition coefficient (Wildman–Crippen LogP) is 3.83. The third kappa shape index (κ3) is 2.02. The van der Waals surface area contributed by atoms with Crippen molar-refractivity contribution in [2.45, 2.75) is 6.92 Å². The normalized spacial score (nSPS) is 10.3. The molecule has 0 N–H and O–H groups in total. The molecule has 0 saturated heterocycles. The molecule has 1 heterocycles. The van der Waals surface area contributed by atoms with E-state index in [1.54, 1.807) is 6.07 Å². The molecule has 0 aliphatic carbocycles. The summed E-state index contributed by atoms with van der Waals surface area (Å²) < 4.78 is 5.80. The van der Waals surface area contributed by atoms with Gasteiger partial charge in [-0.3, -0.25) is 4.79 Å². The van der Waals surface area contributed by atoms with Crippen molar-refractivity contribution in [2.75, 3.05) is 0 Å². The Kier molecular flexibility index (Phi) is 2.73. The Morgan fingerprint density at radius 3 is 2.73 bits per heavy atom. The summed E-state index contributed by atoms with van der Waals surface area (Å²) in [6.45, 7) is 2.03. The number of aryl methyl sites for hydroxylation is 1. The molecule has 2 nitrogen and oxygen atoms in total. The molecule has 76 valence electrons. The third-order valence-corrected chi connectivity index (χ3v) is 2.74. The maximum absolute atomic E-state index is 10.6. The largest absolute Gasteiger partial charge is 0.446 e. The van der Waals surface area contributed by atoms with Crippen molar-refractivity contribution in [3.8, 4) is 11.1 Å². The van der Waals surface area contributed by atoms with Crippen LogP contribution in [0, 0.1) is 6.92 Å². The van der Waals surface area contributed by atoms with Gasteiger partial charge in [-0.2, -0.15) is 0 Å². The van der Waals surface area contributed by atoms with Crippen molar-refractivity contribution < 1.29 is 9.21 Å². The average molecular weight is 265 g/mol. The van der Waals surface area contributed by atoms with Crippen LogP contribution in [0.4, 0.5) is 0 Å². The fraction of sp³-hybridized carbons (Fsp3) is 0.0833. The summed E-state index contributed by atoms with van der Waals surface area (Å²) in [6.07, 6.45) is 0.698. The summed E-state index contributed by atoms with van der Waals surface area (Å²) in [4.78, 5) is 10.6. The van der Waals surface area contributed by atoms with Gasteiger partial charge < -0.3 is 4.42 Å². The van der Waals surface area contributed by atoms with Crippen molar-refractivity contribution in [1.29, 1.82) is 0 Å². The Morgan fingerprint density at radius 1 is 1.33 bits per heavy atom. The molecule has 0 atom stereocenters. The lowest BCUT2D eigenvalue weighted by Gasteiger charge is -1.98. The second kappa shape index (κ2) is 4.03. The van der Waals surface area contributed by atoms with E-state index in [0.29, 0.717) is 16.7 Å². The minimum Gasteiger partial charge on any atom is -0.446 e.